The number of carboxylic acid groups (broad SMARTS) is 1. The molecule has 7 heteroatoms. The smallest absolute Gasteiger partial charge is 0.407 e. The molecule has 1 saturated heterocycles. The van der Waals surface area contributed by atoms with Crippen LogP contribution in [0.15, 0.2) is 48.5 Å². The fraction of sp³-hybridized carbons (Fsp3) is 0.464. The highest BCUT2D eigenvalue weighted by atomic mass is 16.5. The number of rotatable bonds is 8. The van der Waals surface area contributed by atoms with Crippen molar-refractivity contribution in [2.45, 2.75) is 64.0 Å². The number of hydrogen-bond acceptors (Lipinski definition) is 4. The predicted octanol–water partition coefficient (Wildman–Crippen LogP) is 4.80. The van der Waals surface area contributed by atoms with Crippen molar-refractivity contribution in [1.29, 1.82) is 0 Å². The molecule has 2 aromatic rings. The molecule has 4 rings (SSSR count). The molecule has 0 aromatic heterocycles. The van der Waals surface area contributed by atoms with E-state index in [1.165, 1.54) is 4.90 Å². The Bertz CT molecular complexity index is 1070. The summed E-state index contributed by atoms with van der Waals surface area (Å²) in [5.74, 6) is -1.28. The van der Waals surface area contributed by atoms with Gasteiger partial charge in [-0.25, -0.2) is 9.59 Å². The topological polar surface area (TPSA) is 95.9 Å². The van der Waals surface area contributed by atoms with Crippen LogP contribution in [0, 0.1) is 5.92 Å². The number of nitrogens with one attached hydrogen (secondary N) is 1. The third-order valence-electron chi connectivity index (χ3n) is 7.64. The molecule has 1 aliphatic carbocycles. The summed E-state index contributed by atoms with van der Waals surface area (Å²) < 4.78 is 5.66. The van der Waals surface area contributed by atoms with Crippen LogP contribution >= 0.6 is 0 Å². The van der Waals surface area contributed by atoms with Crippen molar-refractivity contribution in [2.75, 3.05) is 13.2 Å². The van der Waals surface area contributed by atoms with Crippen molar-refractivity contribution in [1.82, 2.24) is 10.2 Å². The number of aliphatic carboxylic acids is 1. The second-order valence-electron chi connectivity index (χ2n) is 9.94. The summed E-state index contributed by atoms with van der Waals surface area (Å²) in [4.78, 5) is 39.6. The first-order valence-electron chi connectivity index (χ1n) is 12.4. The van der Waals surface area contributed by atoms with E-state index in [9.17, 15) is 19.5 Å². The van der Waals surface area contributed by atoms with Gasteiger partial charge in [-0.1, -0.05) is 68.8 Å². The maximum Gasteiger partial charge on any atom is 0.407 e. The van der Waals surface area contributed by atoms with E-state index in [-0.39, 0.29) is 24.3 Å². The fourth-order valence-corrected chi connectivity index (χ4v) is 5.30. The standard InChI is InChI=1S/C28H34N2O5/c1-4-18(2)16-24(25(31)30-15-9-14-28(30,3)26(32)33)29-27(34)35-17-23-21-12-7-5-10-19(21)20-11-6-8-13-22(20)23/h5-8,10-13,18,23-24H,4,9,14-17H2,1-3H3,(H,29,34)(H,32,33)/t18?,24?,28-/m0/s1. The van der Waals surface area contributed by atoms with Crippen LogP contribution < -0.4 is 5.32 Å². The third-order valence-corrected chi connectivity index (χ3v) is 7.64. The molecule has 0 bridgehead atoms. The van der Waals surface area contributed by atoms with Crippen molar-refractivity contribution < 1.29 is 24.2 Å². The van der Waals surface area contributed by atoms with Crippen LogP contribution in [0.25, 0.3) is 11.1 Å². The fourth-order valence-electron chi connectivity index (χ4n) is 5.30. The Morgan fingerprint density at radius 3 is 2.29 bits per heavy atom. The normalized spacial score (nSPS) is 20.6. The van der Waals surface area contributed by atoms with Crippen molar-refractivity contribution >= 4 is 18.0 Å². The van der Waals surface area contributed by atoms with Gasteiger partial charge in [0.1, 0.15) is 18.2 Å². The molecule has 7 nitrogen and oxygen atoms in total. The summed E-state index contributed by atoms with van der Waals surface area (Å²) in [7, 11) is 0. The van der Waals surface area contributed by atoms with E-state index < -0.39 is 23.6 Å². The molecule has 1 heterocycles. The Morgan fingerprint density at radius 2 is 1.71 bits per heavy atom. The molecule has 2 aliphatic rings. The predicted molar refractivity (Wildman–Crippen MR) is 133 cm³/mol. The SMILES string of the molecule is CCC(C)CC(NC(=O)OCC1c2ccccc2-c2ccccc21)C(=O)N1CCC[C@@]1(C)C(=O)O. The third kappa shape index (κ3) is 4.77. The van der Waals surface area contributed by atoms with Crippen LogP contribution in [0.3, 0.4) is 0 Å². The van der Waals surface area contributed by atoms with E-state index in [1.54, 1.807) is 6.92 Å². The lowest BCUT2D eigenvalue weighted by atomic mass is 9.95. The van der Waals surface area contributed by atoms with Crippen molar-refractivity contribution in [2.24, 2.45) is 5.92 Å². The first-order chi connectivity index (χ1) is 16.8. The van der Waals surface area contributed by atoms with Crippen LogP contribution in [0.5, 0.6) is 0 Å². The minimum absolute atomic E-state index is 0.0780. The lowest BCUT2D eigenvalue weighted by molar-refractivity contribution is -0.156. The molecule has 35 heavy (non-hydrogen) atoms. The largest absolute Gasteiger partial charge is 0.480 e. The number of alkyl carbamates (subject to hydrolysis) is 1. The van der Waals surface area contributed by atoms with Gasteiger partial charge in [0.15, 0.2) is 0 Å². The molecule has 3 atom stereocenters. The molecule has 0 radical (unpaired) electrons. The van der Waals surface area contributed by atoms with Crippen LogP contribution in [0.4, 0.5) is 4.79 Å². The number of ether oxygens (including phenoxy) is 1. The summed E-state index contributed by atoms with van der Waals surface area (Å²) in [5.41, 5.74) is 3.26. The molecule has 0 saturated carbocycles. The van der Waals surface area contributed by atoms with Crippen molar-refractivity contribution in [3.05, 3.63) is 59.7 Å². The Kier molecular flexibility index (Phi) is 7.15. The zero-order valence-corrected chi connectivity index (χ0v) is 20.6. The van der Waals surface area contributed by atoms with Gasteiger partial charge in [-0.15, -0.1) is 0 Å². The van der Waals surface area contributed by atoms with Crippen LogP contribution in [-0.2, 0) is 14.3 Å². The summed E-state index contributed by atoms with van der Waals surface area (Å²) in [6, 6.07) is 15.4. The molecular weight excluding hydrogens is 444 g/mol. The summed E-state index contributed by atoms with van der Waals surface area (Å²) in [5, 5.41) is 12.5. The summed E-state index contributed by atoms with van der Waals surface area (Å²) in [6.07, 6.45) is 1.62. The number of fused-ring (bicyclic) bond motifs is 3. The maximum atomic E-state index is 13.4. The monoisotopic (exact) mass is 478 g/mol. The lowest BCUT2D eigenvalue weighted by Crippen LogP contribution is -2.57. The van der Waals surface area contributed by atoms with E-state index in [4.69, 9.17) is 4.74 Å². The number of carboxylic acids is 1. The first kappa shape index (κ1) is 24.8. The lowest BCUT2D eigenvalue weighted by Gasteiger charge is -2.34. The van der Waals surface area contributed by atoms with Gasteiger partial charge < -0.3 is 20.1 Å². The zero-order valence-electron chi connectivity index (χ0n) is 20.6. The van der Waals surface area contributed by atoms with E-state index in [2.05, 4.69) is 29.6 Å². The van der Waals surface area contributed by atoms with Gasteiger partial charge >= 0.3 is 12.1 Å². The number of likely N-dealkylation sites (tertiary alicyclic amines) is 1. The molecule has 2 N–H and O–H groups in total. The van der Waals surface area contributed by atoms with Gasteiger partial charge in [-0.2, -0.15) is 0 Å². The van der Waals surface area contributed by atoms with Gasteiger partial charge in [0.2, 0.25) is 5.91 Å². The van der Waals surface area contributed by atoms with E-state index >= 15 is 0 Å². The van der Waals surface area contributed by atoms with E-state index in [1.807, 2.05) is 38.1 Å². The Hall–Kier alpha value is -3.35. The van der Waals surface area contributed by atoms with E-state index in [0.29, 0.717) is 25.8 Å². The quantitative estimate of drug-likeness (QED) is 0.568. The van der Waals surface area contributed by atoms with Crippen molar-refractivity contribution in [3.8, 4) is 11.1 Å². The first-order valence-corrected chi connectivity index (χ1v) is 12.4. The second-order valence-corrected chi connectivity index (χ2v) is 9.94. The molecule has 1 aliphatic heterocycles. The average molecular weight is 479 g/mol. The Morgan fingerprint density at radius 1 is 1.11 bits per heavy atom. The molecule has 0 spiro atoms. The summed E-state index contributed by atoms with van der Waals surface area (Å²) >= 11 is 0. The minimum Gasteiger partial charge on any atom is -0.480 e. The number of carbonyl (C=O) groups is 3. The average Bonchev–Trinajstić information content (AvgIpc) is 3.41. The van der Waals surface area contributed by atoms with E-state index in [0.717, 1.165) is 28.7 Å². The molecule has 1 fully saturated rings. The number of nitrogens with zero attached hydrogens (tertiary/aromatic N) is 1. The van der Waals surface area contributed by atoms with Crippen LogP contribution in [0.2, 0.25) is 0 Å². The Balaban J connectivity index is 1.47. The number of benzene rings is 2. The highest BCUT2D eigenvalue weighted by Gasteiger charge is 2.47. The molecule has 2 aromatic carbocycles. The van der Waals surface area contributed by atoms with Crippen molar-refractivity contribution in [3.63, 3.8) is 0 Å². The maximum absolute atomic E-state index is 13.4. The van der Waals surface area contributed by atoms with Gasteiger partial charge in [0.25, 0.3) is 0 Å². The molecule has 186 valence electrons. The summed E-state index contributed by atoms with van der Waals surface area (Å²) in [6.45, 7) is 6.14. The second kappa shape index (κ2) is 10.1. The zero-order chi connectivity index (χ0) is 25.2. The number of carbonyl (C=O) groups excluding carboxylic acids is 2. The molecule has 2 unspecified atom stereocenters. The van der Waals surface area contributed by atoms with Crippen LogP contribution in [-0.4, -0.2) is 52.7 Å². The van der Waals surface area contributed by atoms with Gasteiger partial charge in [-0.3, -0.25) is 4.79 Å². The van der Waals surface area contributed by atoms with Crippen LogP contribution in [0.1, 0.15) is 63.5 Å². The minimum atomic E-state index is -1.26. The van der Waals surface area contributed by atoms with Gasteiger partial charge in [0, 0.05) is 12.5 Å². The number of amides is 2. The Labute approximate surface area is 206 Å². The molecular formula is C28H34N2O5. The van der Waals surface area contributed by atoms with Gasteiger partial charge in [0.05, 0.1) is 0 Å². The number of hydrogen-bond donors (Lipinski definition) is 2. The molecule has 2 amide bonds. The highest BCUT2D eigenvalue weighted by molar-refractivity contribution is 5.91. The van der Waals surface area contributed by atoms with Gasteiger partial charge in [-0.05, 0) is 54.4 Å². The highest BCUT2D eigenvalue weighted by Crippen LogP contribution is 2.44.